The van der Waals surface area contributed by atoms with Gasteiger partial charge in [0.15, 0.2) is 0 Å². The Hall–Kier alpha value is -0.650. The normalized spacial score (nSPS) is 27.1. The third-order valence-electron chi connectivity index (χ3n) is 4.39. The Kier molecular flexibility index (Phi) is 6.92. The number of carbonyl (C=O) groups is 1. The molecule has 1 fully saturated rings. The summed E-state index contributed by atoms with van der Waals surface area (Å²) < 4.78 is 5.27. The first-order valence-electron chi connectivity index (χ1n) is 7.66. The highest BCUT2D eigenvalue weighted by Gasteiger charge is 2.43. The maximum Gasteiger partial charge on any atom is 0.326 e. The minimum absolute atomic E-state index is 0.0896. The molecule has 20 heavy (non-hydrogen) atoms. The lowest BCUT2D eigenvalue weighted by Crippen LogP contribution is -2.57. The van der Waals surface area contributed by atoms with Crippen molar-refractivity contribution in [1.29, 1.82) is 0 Å². The Morgan fingerprint density at radius 1 is 1.35 bits per heavy atom. The van der Waals surface area contributed by atoms with Crippen LogP contribution < -0.4 is 5.32 Å². The zero-order chi connectivity index (χ0) is 15.2. The van der Waals surface area contributed by atoms with Crippen LogP contribution in [-0.2, 0) is 9.53 Å². The van der Waals surface area contributed by atoms with E-state index in [1.165, 1.54) is 0 Å². The van der Waals surface area contributed by atoms with E-state index in [1.54, 1.807) is 0 Å². The molecular formula is C15H31N3O2. The molecule has 0 aliphatic heterocycles. The number of likely N-dealkylation sites (N-methyl/N-ethyl adjacent to an activating group) is 3. The van der Waals surface area contributed by atoms with E-state index in [0.29, 0.717) is 12.6 Å². The summed E-state index contributed by atoms with van der Waals surface area (Å²) in [5.41, 5.74) is -0.495. The minimum atomic E-state index is -0.495. The predicted molar refractivity (Wildman–Crippen MR) is 81.9 cm³/mol. The van der Waals surface area contributed by atoms with Crippen molar-refractivity contribution in [3.63, 3.8) is 0 Å². The van der Waals surface area contributed by atoms with Crippen molar-refractivity contribution in [2.45, 2.75) is 44.2 Å². The lowest BCUT2D eigenvalue weighted by Gasteiger charge is -2.42. The second-order valence-electron chi connectivity index (χ2n) is 6.09. The molecule has 0 radical (unpaired) electrons. The van der Waals surface area contributed by atoms with Crippen LogP contribution in [0.15, 0.2) is 0 Å². The van der Waals surface area contributed by atoms with Gasteiger partial charge in [0.25, 0.3) is 0 Å². The topological polar surface area (TPSA) is 44.8 Å². The van der Waals surface area contributed by atoms with Gasteiger partial charge in [-0.2, -0.15) is 0 Å². The highest BCUT2D eigenvalue weighted by molar-refractivity contribution is 5.81. The number of hydrogen-bond donors (Lipinski definition) is 1. The summed E-state index contributed by atoms with van der Waals surface area (Å²) in [7, 11) is 8.21. The molecule has 1 aliphatic rings. The van der Waals surface area contributed by atoms with Gasteiger partial charge in [0.05, 0.1) is 6.61 Å². The van der Waals surface area contributed by atoms with Gasteiger partial charge in [-0.05, 0) is 60.8 Å². The predicted octanol–water partition coefficient (Wildman–Crippen LogP) is 0.944. The number of rotatable bonds is 7. The van der Waals surface area contributed by atoms with Crippen LogP contribution in [-0.4, -0.2) is 75.2 Å². The van der Waals surface area contributed by atoms with Gasteiger partial charge in [0.1, 0.15) is 5.54 Å². The summed E-state index contributed by atoms with van der Waals surface area (Å²) in [4.78, 5) is 16.8. The monoisotopic (exact) mass is 285 g/mol. The van der Waals surface area contributed by atoms with Crippen molar-refractivity contribution in [3.8, 4) is 0 Å². The number of esters is 1. The molecule has 5 heteroatoms. The van der Waals surface area contributed by atoms with E-state index in [1.807, 2.05) is 14.0 Å². The van der Waals surface area contributed by atoms with E-state index in [-0.39, 0.29) is 5.97 Å². The smallest absolute Gasteiger partial charge is 0.326 e. The Bertz CT molecular complexity index is 309. The summed E-state index contributed by atoms with van der Waals surface area (Å²) in [6.45, 7) is 4.38. The molecule has 1 rings (SSSR count). The molecule has 1 saturated carbocycles. The van der Waals surface area contributed by atoms with Crippen LogP contribution in [0.2, 0.25) is 0 Å². The summed E-state index contributed by atoms with van der Waals surface area (Å²) in [5.74, 6) is -0.0896. The summed E-state index contributed by atoms with van der Waals surface area (Å²) in [6.07, 6.45) is 3.94. The van der Waals surface area contributed by atoms with E-state index < -0.39 is 5.54 Å². The summed E-state index contributed by atoms with van der Waals surface area (Å²) >= 11 is 0. The summed E-state index contributed by atoms with van der Waals surface area (Å²) in [6, 6.07) is 0.445. The van der Waals surface area contributed by atoms with E-state index in [2.05, 4.69) is 36.3 Å². The number of nitrogens with one attached hydrogen (secondary N) is 1. The molecule has 118 valence electrons. The van der Waals surface area contributed by atoms with Gasteiger partial charge in [-0.25, -0.2) is 0 Å². The second kappa shape index (κ2) is 7.96. The largest absolute Gasteiger partial charge is 0.465 e. The van der Waals surface area contributed by atoms with Crippen molar-refractivity contribution in [2.24, 2.45) is 0 Å². The minimum Gasteiger partial charge on any atom is -0.465 e. The highest BCUT2D eigenvalue weighted by Crippen LogP contribution is 2.31. The van der Waals surface area contributed by atoms with Gasteiger partial charge < -0.3 is 19.9 Å². The fraction of sp³-hybridized carbons (Fsp3) is 0.933. The Labute approximate surface area is 123 Å². The Morgan fingerprint density at radius 3 is 2.60 bits per heavy atom. The molecule has 2 unspecified atom stereocenters. The quantitative estimate of drug-likeness (QED) is 0.706. The number of nitrogens with zero attached hydrogens (tertiary/aromatic N) is 2. The molecule has 0 aromatic carbocycles. The molecule has 1 aliphatic carbocycles. The number of ether oxygens (including phenoxy) is 1. The van der Waals surface area contributed by atoms with E-state index in [9.17, 15) is 4.79 Å². The van der Waals surface area contributed by atoms with Gasteiger partial charge in [0.2, 0.25) is 0 Å². The van der Waals surface area contributed by atoms with Gasteiger partial charge in [-0.3, -0.25) is 4.79 Å². The van der Waals surface area contributed by atoms with Crippen LogP contribution in [0.4, 0.5) is 0 Å². The van der Waals surface area contributed by atoms with Crippen LogP contribution in [0.1, 0.15) is 32.6 Å². The number of hydrogen-bond acceptors (Lipinski definition) is 5. The first kappa shape index (κ1) is 17.4. The van der Waals surface area contributed by atoms with E-state index in [0.717, 1.165) is 38.8 Å². The third kappa shape index (κ3) is 4.43. The van der Waals surface area contributed by atoms with Crippen LogP contribution in [0, 0.1) is 0 Å². The zero-order valence-corrected chi connectivity index (χ0v) is 13.7. The van der Waals surface area contributed by atoms with Gasteiger partial charge in [0, 0.05) is 19.1 Å². The standard InChI is InChI=1S/C15H31N3O2/c1-6-20-14(19)15(16-2)9-7-8-13(12-15)18(5)11-10-17(3)4/h13,16H,6-12H2,1-5H3. The molecule has 1 N–H and O–H groups in total. The fourth-order valence-corrected chi connectivity index (χ4v) is 2.95. The van der Waals surface area contributed by atoms with Gasteiger partial charge >= 0.3 is 5.97 Å². The van der Waals surface area contributed by atoms with Crippen LogP contribution in [0.5, 0.6) is 0 Å². The van der Waals surface area contributed by atoms with E-state index in [4.69, 9.17) is 4.74 Å². The second-order valence-corrected chi connectivity index (χ2v) is 6.09. The maximum atomic E-state index is 12.3. The summed E-state index contributed by atoms with van der Waals surface area (Å²) in [5, 5.41) is 3.24. The molecule has 0 spiro atoms. The SMILES string of the molecule is CCOC(=O)C1(NC)CCCC(N(C)CCN(C)C)C1. The van der Waals surface area contributed by atoms with Crippen LogP contribution >= 0.6 is 0 Å². The first-order valence-corrected chi connectivity index (χ1v) is 7.66. The van der Waals surface area contributed by atoms with Crippen molar-refractivity contribution in [1.82, 2.24) is 15.1 Å². The maximum absolute atomic E-state index is 12.3. The Balaban J connectivity index is 2.65. The third-order valence-corrected chi connectivity index (χ3v) is 4.39. The zero-order valence-electron chi connectivity index (χ0n) is 13.7. The van der Waals surface area contributed by atoms with Gasteiger partial charge in [-0.1, -0.05) is 0 Å². The Morgan fingerprint density at radius 2 is 2.05 bits per heavy atom. The molecule has 0 aromatic rings. The average molecular weight is 285 g/mol. The average Bonchev–Trinajstić information content (AvgIpc) is 2.44. The van der Waals surface area contributed by atoms with Crippen LogP contribution in [0.25, 0.3) is 0 Å². The lowest BCUT2D eigenvalue weighted by molar-refractivity contribution is -0.153. The lowest BCUT2D eigenvalue weighted by atomic mass is 9.78. The fourth-order valence-electron chi connectivity index (χ4n) is 2.95. The molecule has 0 heterocycles. The molecule has 0 aromatic heterocycles. The van der Waals surface area contributed by atoms with E-state index >= 15 is 0 Å². The molecule has 0 amide bonds. The van der Waals surface area contributed by atoms with Crippen LogP contribution in [0.3, 0.4) is 0 Å². The molecule has 0 bridgehead atoms. The molecule has 2 atom stereocenters. The van der Waals surface area contributed by atoms with Crippen molar-refractivity contribution in [3.05, 3.63) is 0 Å². The first-order chi connectivity index (χ1) is 9.45. The molecule has 5 nitrogen and oxygen atoms in total. The van der Waals surface area contributed by atoms with Crippen molar-refractivity contribution in [2.75, 3.05) is 47.9 Å². The molecule has 0 saturated heterocycles. The van der Waals surface area contributed by atoms with Crippen molar-refractivity contribution < 1.29 is 9.53 Å². The number of carbonyl (C=O) groups excluding carboxylic acids is 1. The van der Waals surface area contributed by atoms with Gasteiger partial charge in [-0.15, -0.1) is 0 Å². The highest BCUT2D eigenvalue weighted by atomic mass is 16.5. The van der Waals surface area contributed by atoms with Crippen molar-refractivity contribution >= 4 is 5.97 Å². The molecular weight excluding hydrogens is 254 g/mol.